The Labute approximate surface area is 133 Å². The second kappa shape index (κ2) is 6.44. The molecule has 22 heavy (non-hydrogen) atoms. The summed E-state index contributed by atoms with van der Waals surface area (Å²) in [6, 6.07) is 5.39. The summed E-state index contributed by atoms with van der Waals surface area (Å²) in [5, 5.41) is 13.3. The van der Waals surface area contributed by atoms with E-state index < -0.39 is 0 Å². The highest BCUT2D eigenvalue weighted by atomic mass is 32.2. The first-order chi connectivity index (χ1) is 10.7. The molecule has 1 aliphatic heterocycles. The van der Waals surface area contributed by atoms with Gasteiger partial charge in [0.15, 0.2) is 16.7 Å². The summed E-state index contributed by atoms with van der Waals surface area (Å²) < 4.78 is 5.01. The standard InChI is InChI=1S/C16H18N2O3S/c1-21-13-7-6-10(8-12(13)19)9-14-15(20)18-16(22-14)17-11-4-2-3-5-11/h6-9,11,19H,2-5H2,1H3,(H,17,18,20)/b14-9+. The predicted octanol–water partition coefficient (Wildman–Crippen LogP) is 2.90. The van der Waals surface area contributed by atoms with Gasteiger partial charge in [-0.2, -0.15) is 0 Å². The Kier molecular flexibility index (Phi) is 4.38. The summed E-state index contributed by atoms with van der Waals surface area (Å²) in [7, 11) is 1.50. The van der Waals surface area contributed by atoms with Gasteiger partial charge in [0.2, 0.25) is 0 Å². The predicted molar refractivity (Wildman–Crippen MR) is 88.1 cm³/mol. The van der Waals surface area contributed by atoms with Crippen molar-refractivity contribution in [1.29, 1.82) is 0 Å². The quantitative estimate of drug-likeness (QED) is 0.841. The maximum Gasteiger partial charge on any atom is 0.264 e. The number of benzene rings is 1. The Hall–Kier alpha value is -1.95. The number of amides is 1. The van der Waals surface area contributed by atoms with Crippen molar-refractivity contribution in [2.24, 2.45) is 4.99 Å². The van der Waals surface area contributed by atoms with Crippen molar-refractivity contribution in [3.63, 3.8) is 0 Å². The molecule has 5 nitrogen and oxygen atoms in total. The fourth-order valence-corrected chi connectivity index (χ4v) is 3.53. The maximum atomic E-state index is 12.0. The molecular weight excluding hydrogens is 300 g/mol. The zero-order valence-corrected chi connectivity index (χ0v) is 13.2. The highest BCUT2D eigenvalue weighted by Gasteiger charge is 2.25. The number of methoxy groups -OCH3 is 1. The van der Waals surface area contributed by atoms with Gasteiger partial charge in [0.05, 0.1) is 18.1 Å². The number of nitrogens with one attached hydrogen (secondary N) is 1. The van der Waals surface area contributed by atoms with E-state index in [9.17, 15) is 9.90 Å². The minimum Gasteiger partial charge on any atom is -0.504 e. The van der Waals surface area contributed by atoms with Crippen molar-refractivity contribution in [2.75, 3.05) is 7.11 Å². The van der Waals surface area contributed by atoms with Crippen LogP contribution in [0.3, 0.4) is 0 Å². The number of aromatic hydroxyl groups is 1. The van der Waals surface area contributed by atoms with Crippen LogP contribution in [0.4, 0.5) is 0 Å². The van der Waals surface area contributed by atoms with Crippen LogP contribution in [0.2, 0.25) is 0 Å². The van der Waals surface area contributed by atoms with Gasteiger partial charge in [-0.15, -0.1) is 0 Å². The lowest BCUT2D eigenvalue weighted by Crippen LogP contribution is -2.21. The van der Waals surface area contributed by atoms with Gasteiger partial charge in [-0.1, -0.05) is 18.9 Å². The van der Waals surface area contributed by atoms with Gasteiger partial charge in [0.1, 0.15) is 0 Å². The lowest BCUT2D eigenvalue weighted by molar-refractivity contribution is -0.115. The molecule has 2 N–H and O–H groups in total. The van der Waals surface area contributed by atoms with E-state index in [-0.39, 0.29) is 11.7 Å². The molecule has 0 unspecified atom stereocenters. The summed E-state index contributed by atoms with van der Waals surface area (Å²) in [6.07, 6.45) is 6.38. The molecule has 6 heteroatoms. The summed E-state index contributed by atoms with van der Waals surface area (Å²) in [6.45, 7) is 0. The minimum atomic E-state index is -0.142. The number of hydrogen-bond acceptors (Lipinski definition) is 5. The Morgan fingerprint density at radius 2 is 2.18 bits per heavy atom. The molecule has 0 aromatic heterocycles. The molecule has 2 aliphatic rings. The first kappa shape index (κ1) is 15.0. The first-order valence-corrected chi connectivity index (χ1v) is 8.13. The molecule has 0 radical (unpaired) electrons. The summed E-state index contributed by atoms with van der Waals surface area (Å²) >= 11 is 1.35. The molecule has 2 fully saturated rings. The van der Waals surface area contributed by atoms with Gasteiger partial charge in [-0.3, -0.25) is 9.79 Å². The molecule has 1 aromatic carbocycles. The Bertz CT molecular complexity index is 649. The van der Waals surface area contributed by atoms with E-state index in [0.717, 1.165) is 18.4 Å². The van der Waals surface area contributed by atoms with Crippen molar-refractivity contribution in [3.8, 4) is 11.5 Å². The summed E-state index contributed by atoms with van der Waals surface area (Å²) in [5.41, 5.74) is 0.748. The highest BCUT2D eigenvalue weighted by molar-refractivity contribution is 8.18. The molecule has 3 rings (SSSR count). The molecule has 0 bridgehead atoms. The van der Waals surface area contributed by atoms with Crippen LogP contribution in [0.15, 0.2) is 28.1 Å². The van der Waals surface area contributed by atoms with Crippen LogP contribution in [0.1, 0.15) is 31.2 Å². The number of ether oxygens (including phenoxy) is 1. The Balaban J connectivity index is 1.76. The van der Waals surface area contributed by atoms with E-state index in [4.69, 9.17) is 4.74 Å². The number of amidine groups is 1. The lowest BCUT2D eigenvalue weighted by Gasteiger charge is -2.03. The van der Waals surface area contributed by atoms with Gasteiger partial charge in [-0.25, -0.2) is 0 Å². The second-order valence-electron chi connectivity index (χ2n) is 5.37. The first-order valence-electron chi connectivity index (χ1n) is 7.31. The number of hydrogen-bond donors (Lipinski definition) is 2. The topological polar surface area (TPSA) is 70.9 Å². The SMILES string of the molecule is COc1ccc(/C=C2/SC(=NC3CCCC3)NC2=O)cc1O. The van der Waals surface area contributed by atoms with Crippen LogP contribution in [0.25, 0.3) is 6.08 Å². The van der Waals surface area contributed by atoms with Crippen molar-refractivity contribution in [3.05, 3.63) is 28.7 Å². The average Bonchev–Trinajstić information content (AvgIpc) is 3.10. The zero-order valence-electron chi connectivity index (χ0n) is 12.3. The number of carbonyl (C=O) groups excluding carboxylic acids is 1. The van der Waals surface area contributed by atoms with Gasteiger partial charge in [0, 0.05) is 0 Å². The minimum absolute atomic E-state index is 0.0556. The van der Waals surface area contributed by atoms with Gasteiger partial charge < -0.3 is 15.2 Å². The third-order valence-electron chi connectivity index (χ3n) is 3.78. The van der Waals surface area contributed by atoms with E-state index in [0.29, 0.717) is 21.9 Å². The normalized spacial score (nSPS) is 22.5. The molecule has 1 saturated heterocycles. The number of phenols is 1. The lowest BCUT2D eigenvalue weighted by atomic mass is 10.2. The second-order valence-corrected chi connectivity index (χ2v) is 6.40. The van der Waals surface area contributed by atoms with E-state index in [2.05, 4.69) is 10.3 Å². The average molecular weight is 318 g/mol. The van der Waals surface area contributed by atoms with Crippen molar-refractivity contribution in [1.82, 2.24) is 5.32 Å². The number of phenolic OH excluding ortho intramolecular Hbond substituents is 1. The molecule has 116 valence electrons. The zero-order chi connectivity index (χ0) is 15.5. The van der Waals surface area contributed by atoms with E-state index >= 15 is 0 Å². The van der Waals surface area contributed by atoms with E-state index in [1.165, 1.54) is 31.7 Å². The molecule has 0 atom stereocenters. The molecule has 1 amide bonds. The molecular formula is C16H18N2O3S. The van der Waals surface area contributed by atoms with Crippen molar-refractivity contribution >= 4 is 28.9 Å². The Morgan fingerprint density at radius 3 is 2.86 bits per heavy atom. The number of aliphatic imine (C=N–C) groups is 1. The number of rotatable bonds is 3. The van der Waals surface area contributed by atoms with E-state index in [1.54, 1.807) is 24.3 Å². The van der Waals surface area contributed by atoms with Crippen LogP contribution in [-0.2, 0) is 4.79 Å². The molecule has 1 aliphatic carbocycles. The van der Waals surface area contributed by atoms with Crippen LogP contribution in [0.5, 0.6) is 11.5 Å². The molecule has 0 spiro atoms. The third-order valence-corrected chi connectivity index (χ3v) is 4.70. The smallest absolute Gasteiger partial charge is 0.264 e. The third kappa shape index (κ3) is 3.27. The van der Waals surface area contributed by atoms with Crippen LogP contribution < -0.4 is 10.1 Å². The number of nitrogens with zero attached hydrogens (tertiary/aromatic N) is 1. The Morgan fingerprint density at radius 1 is 1.41 bits per heavy atom. The van der Waals surface area contributed by atoms with Crippen molar-refractivity contribution in [2.45, 2.75) is 31.7 Å². The van der Waals surface area contributed by atoms with Crippen LogP contribution in [0, 0.1) is 0 Å². The van der Waals surface area contributed by atoms with Gasteiger partial charge in [-0.05, 0) is 48.4 Å². The summed E-state index contributed by atoms with van der Waals surface area (Å²) in [5.74, 6) is 0.325. The van der Waals surface area contributed by atoms with Crippen LogP contribution >= 0.6 is 11.8 Å². The fourth-order valence-electron chi connectivity index (χ4n) is 2.64. The largest absolute Gasteiger partial charge is 0.504 e. The molecule has 1 aromatic rings. The van der Waals surface area contributed by atoms with Crippen molar-refractivity contribution < 1.29 is 14.6 Å². The number of carbonyl (C=O) groups is 1. The van der Waals surface area contributed by atoms with Gasteiger partial charge >= 0.3 is 0 Å². The van der Waals surface area contributed by atoms with E-state index in [1.807, 2.05) is 0 Å². The highest BCUT2D eigenvalue weighted by Crippen LogP contribution is 2.31. The van der Waals surface area contributed by atoms with Crippen LogP contribution in [-0.4, -0.2) is 29.3 Å². The molecule has 1 heterocycles. The molecule has 1 saturated carbocycles. The maximum absolute atomic E-state index is 12.0. The fraction of sp³-hybridized carbons (Fsp3) is 0.375. The monoisotopic (exact) mass is 318 g/mol. The van der Waals surface area contributed by atoms with Gasteiger partial charge in [0.25, 0.3) is 5.91 Å². The number of thioether (sulfide) groups is 1. The summed E-state index contributed by atoms with van der Waals surface area (Å²) in [4.78, 5) is 17.2.